The molecule has 3 nitrogen and oxygen atoms in total. The summed E-state index contributed by atoms with van der Waals surface area (Å²) in [6, 6.07) is 2.78. The predicted molar refractivity (Wildman–Crippen MR) is 63.8 cm³/mol. The highest BCUT2D eigenvalue weighted by Gasteiger charge is 2.33. The lowest BCUT2D eigenvalue weighted by molar-refractivity contribution is -0.137. The molecular formula is C13H14F3NO2. The van der Waals surface area contributed by atoms with Gasteiger partial charge in [-0.3, -0.25) is 4.79 Å². The Bertz CT molecular complexity index is 479. The summed E-state index contributed by atoms with van der Waals surface area (Å²) in [5.74, 6) is -0.469. The predicted octanol–water partition coefficient (Wildman–Crippen LogP) is 3.04. The van der Waals surface area contributed by atoms with Crippen LogP contribution in [0.2, 0.25) is 0 Å². The van der Waals surface area contributed by atoms with Gasteiger partial charge in [0.25, 0.3) is 0 Å². The van der Waals surface area contributed by atoms with Gasteiger partial charge >= 0.3 is 6.18 Å². The third-order valence-corrected chi connectivity index (χ3v) is 3.12. The Kier molecular flexibility index (Phi) is 3.80. The molecule has 1 aliphatic heterocycles. The van der Waals surface area contributed by atoms with Gasteiger partial charge in [0.05, 0.1) is 5.56 Å². The molecule has 0 amide bonds. The molecule has 6 heteroatoms. The molecule has 1 aliphatic rings. The average molecular weight is 273 g/mol. The van der Waals surface area contributed by atoms with Crippen LogP contribution in [-0.2, 0) is 10.9 Å². The lowest BCUT2D eigenvalue weighted by Gasteiger charge is -2.22. The minimum absolute atomic E-state index is 0.0483. The van der Waals surface area contributed by atoms with Crippen LogP contribution in [0, 0.1) is 0 Å². The van der Waals surface area contributed by atoms with Crippen LogP contribution in [0.4, 0.5) is 18.9 Å². The summed E-state index contributed by atoms with van der Waals surface area (Å²) in [6.07, 6.45) is -2.96. The molecule has 1 atom stereocenters. The maximum atomic E-state index is 12.6. The Morgan fingerprint density at radius 2 is 2.05 bits per heavy atom. The number of ketones is 1. The van der Waals surface area contributed by atoms with Crippen molar-refractivity contribution in [3.05, 3.63) is 29.3 Å². The SMILES string of the molecule is Nc1ccc(C(F)(F)F)cc1C(=O)C1CCCCO1. The van der Waals surface area contributed by atoms with Crippen LogP contribution in [0.3, 0.4) is 0 Å². The highest BCUT2D eigenvalue weighted by molar-refractivity contribution is 6.03. The van der Waals surface area contributed by atoms with Gasteiger partial charge in [0.2, 0.25) is 0 Å². The molecule has 1 unspecified atom stereocenters. The van der Waals surface area contributed by atoms with E-state index in [1.807, 2.05) is 0 Å². The molecule has 2 N–H and O–H groups in total. The molecule has 2 rings (SSSR count). The van der Waals surface area contributed by atoms with Crippen LogP contribution in [0.1, 0.15) is 35.2 Å². The summed E-state index contributed by atoms with van der Waals surface area (Å²) in [6.45, 7) is 0.454. The van der Waals surface area contributed by atoms with Crippen molar-refractivity contribution in [2.75, 3.05) is 12.3 Å². The minimum Gasteiger partial charge on any atom is -0.398 e. The summed E-state index contributed by atoms with van der Waals surface area (Å²) >= 11 is 0. The van der Waals surface area contributed by atoms with E-state index in [4.69, 9.17) is 10.5 Å². The van der Waals surface area contributed by atoms with Crippen molar-refractivity contribution in [3.8, 4) is 0 Å². The molecule has 1 aromatic carbocycles. The number of alkyl halides is 3. The van der Waals surface area contributed by atoms with Gasteiger partial charge in [0.15, 0.2) is 5.78 Å². The number of benzene rings is 1. The Hall–Kier alpha value is -1.56. The molecule has 1 heterocycles. The van der Waals surface area contributed by atoms with Crippen molar-refractivity contribution in [1.82, 2.24) is 0 Å². The Labute approximate surface area is 108 Å². The molecule has 0 spiro atoms. The first-order valence-electron chi connectivity index (χ1n) is 6.02. The monoisotopic (exact) mass is 273 g/mol. The molecule has 0 aliphatic carbocycles. The van der Waals surface area contributed by atoms with Crippen LogP contribution in [0.5, 0.6) is 0 Å². The summed E-state index contributed by atoms with van der Waals surface area (Å²) < 4.78 is 43.2. The van der Waals surface area contributed by atoms with Gasteiger partial charge in [0.1, 0.15) is 6.10 Å². The van der Waals surface area contributed by atoms with Crippen LogP contribution >= 0.6 is 0 Å². The van der Waals surface area contributed by atoms with E-state index in [-0.39, 0.29) is 11.3 Å². The number of nitrogens with two attached hydrogens (primary N) is 1. The Balaban J connectivity index is 2.30. The van der Waals surface area contributed by atoms with E-state index >= 15 is 0 Å². The summed E-state index contributed by atoms with van der Waals surface area (Å²) in [4.78, 5) is 12.1. The summed E-state index contributed by atoms with van der Waals surface area (Å²) in [5.41, 5.74) is 4.66. The van der Waals surface area contributed by atoms with Crippen molar-refractivity contribution in [2.24, 2.45) is 0 Å². The molecule has 0 saturated carbocycles. The van der Waals surface area contributed by atoms with Gasteiger partial charge in [-0.1, -0.05) is 0 Å². The van der Waals surface area contributed by atoms with Crippen LogP contribution in [0.25, 0.3) is 0 Å². The number of hydrogen-bond donors (Lipinski definition) is 1. The summed E-state index contributed by atoms with van der Waals surface area (Å²) in [5, 5.41) is 0. The zero-order valence-electron chi connectivity index (χ0n) is 10.2. The molecule has 0 bridgehead atoms. The van der Waals surface area contributed by atoms with Gasteiger partial charge in [-0.05, 0) is 37.5 Å². The van der Waals surface area contributed by atoms with E-state index in [1.54, 1.807) is 0 Å². The second-order valence-corrected chi connectivity index (χ2v) is 4.52. The first-order valence-corrected chi connectivity index (χ1v) is 6.02. The lowest BCUT2D eigenvalue weighted by Crippen LogP contribution is -2.29. The highest BCUT2D eigenvalue weighted by atomic mass is 19.4. The molecule has 1 saturated heterocycles. The maximum absolute atomic E-state index is 12.6. The van der Waals surface area contributed by atoms with E-state index < -0.39 is 23.6 Å². The number of halogens is 3. The first kappa shape index (κ1) is 13.9. The number of hydrogen-bond acceptors (Lipinski definition) is 3. The number of Topliss-reactive ketones (excluding diaryl/α,β-unsaturated/α-hetero) is 1. The Morgan fingerprint density at radius 1 is 1.32 bits per heavy atom. The van der Waals surface area contributed by atoms with Crippen LogP contribution in [0.15, 0.2) is 18.2 Å². The minimum atomic E-state index is -4.49. The van der Waals surface area contributed by atoms with Crippen molar-refractivity contribution >= 4 is 11.5 Å². The lowest BCUT2D eigenvalue weighted by atomic mass is 9.97. The number of ether oxygens (including phenoxy) is 1. The van der Waals surface area contributed by atoms with E-state index in [0.717, 1.165) is 31.0 Å². The Morgan fingerprint density at radius 3 is 2.63 bits per heavy atom. The van der Waals surface area contributed by atoms with Gasteiger partial charge in [-0.15, -0.1) is 0 Å². The largest absolute Gasteiger partial charge is 0.416 e. The summed E-state index contributed by atoms with van der Waals surface area (Å²) in [7, 11) is 0. The quantitative estimate of drug-likeness (QED) is 0.665. The number of rotatable bonds is 2. The second-order valence-electron chi connectivity index (χ2n) is 4.52. The third kappa shape index (κ3) is 3.07. The number of nitrogen functional groups attached to an aromatic ring is 1. The van der Waals surface area contributed by atoms with E-state index in [9.17, 15) is 18.0 Å². The van der Waals surface area contributed by atoms with Crippen molar-refractivity contribution in [3.63, 3.8) is 0 Å². The van der Waals surface area contributed by atoms with Crippen molar-refractivity contribution in [1.29, 1.82) is 0 Å². The normalized spacial score (nSPS) is 20.3. The van der Waals surface area contributed by atoms with Crippen LogP contribution in [-0.4, -0.2) is 18.5 Å². The second kappa shape index (κ2) is 5.21. The highest BCUT2D eigenvalue weighted by Crippen LogP contribution is 2.32. The zero-order valence-corrected chi connectivity index (χ0v) is 10.2. The van der Waals surface area contributed by atoms with E-state index in [1.165, 1.54) is 0 Å². The topological polar surface area (TPSA) is 52.3 Å². The molecule has 0 radical (unpaired) electrons. The number of carbonyl (C=O) groups is 1. The average Bonchev–Trinajstić information content (AvgIpc) is 2.38. The van der Waals surface area contributed by atoms with Gasteiger partial charge in [-0.2, -0.15) is 13.2 Å². The van der Waals surface area contributed by atoms with Crippen molar-refractivity contribution in [2.45, 2.75) is 31.5 Å². The van der Waals surface area contributed by atoms with Gasteiger partial charge in [-0.25, -0.2) is 0 Å². The van der Waals surface area contributed by atoms with Crippen LogP contribution < -0.4 is 5.73 Å². The fourth-order valence-corrected chi connectivity index (χ4v) is 2.07. The molecule has 104 valence electrons. The molecule has 19 heavy (non-hydrogen) atoms. The fourth-order valence-electron chi connectivity index (χ4n) is 2.07. The van der Waals surface area contributed by atoms with Crippen molar-refractivity contribution < 1.29 is 22.7 Å². The standard InChI is InChI=1S/C13H14F3NO2/c14-13(15,16)8-4-5-10(17)9(7-8)12(18)11-3-1-2-6-19-11/h4-5,7,11H,1-3,6,17H2. The third-order valence-electron chi connectivity index (χ3n) is 3.12. The maximum Gasteiger partial charge on any atom is 0.416 e. The number of carbonyl (C=O) groups excluding carboxylic acids is 1. The smallest absolute Gasteiger partial charge is 0.398 e. The van der Waals surface area contributed by atoms with E-state index in [0.29, 0.717) is 13.0 Å². The molecular weight excluding hydrogens is 259 g/mol. The zero-order chi connectivity index (χ0) is 14.0. The van der Waals surface area contributed by atoms with Gasteiger partial charge in [0, 0.05) is 17.9 Å². The van der Waals surface area contributed by atoms with E-state index in [2.05, 4.69) is 0 Å². The molecule has 1 aromatic rings. The molecule has 1 fully saturated rings. The first-order chi connectivity index (χ1) is 8.89. The molecule has 0 aromatic heterocycles. The number of anilines is 1. The fraction of sp³-hybridized carbons (Fsp3) is 0.462. The van der Waals surface area contributed by atoms with Gasteiger partial charge < -0.3 is 10.5 Å².